The highest BCUT2D eigenvalue weighted by atomic mass is 16.5. The van der Waals surface area contributed by atoms with Crippen LogP contribution >= 0.6 is 0 Å². The van der Waals surface area contributed by atoms with Gasteiger partial charge in [0.15, 0.2) is 0 Å². The molecule has 4 heteroatoms. The van der Waals surface area contributed by atoms with E-state index in [-0.39, 0.29) is 12.1 Å². The second-order valence-electron chi connectivity index (χ2n) is 4.69. The maximum atomic E-state index is 6.27. The van der Waals surface area contributed by atoms with Crippen LogP contribution in [-0.4, -0.2) is 36.6 Å². The molecule has 0 bridgehead atoms. The van der Waals surface area contributed by atoms with Gasteiger partial charge in [-0.25, -0.2) is 4.98 Å². The Morgan fingerprint density at radius 3 is 3.00 bits per heavy atom. The zero-order valence-corrected chi connectivity index (χ0v) is 10.6. The summed E-state index contributed by atoms with van der Waals surface area (Å²) in [6.45, 7) is 1.08. The number of likely N-dealkylation sites (tertiary alicyclic amines) is 1. The normalized spacial score (nSPS) is 26.5. The van der Waals surface area contributed by atoms with E-state index in [1.807, 2.05) is 18.2 Å². The number of hydrogen-bond acceptors (Lipinski definition) is 4. The molecule has 2 N–H and O–H groups in total. The van der Waals surface area contributed by atoms with Gasteiger partial charge in [-0.2, -0.15) is 0 Å². The summed E-state index contributed by atoms with van der Waals surface area (Å²) in [6.07, 6.45) is 3.48. The summed E-state index contributed by atoms with van der Waals surface area (Å²) in [7, 11) is 3.76. The fourth-order valence-electron chi connectivity index (χ4n) is 2.52. The summed E-state index contributed by atoms with van der Waals surface area (Å²) in [4.78, 5) is 6.82. The highest BCUT2D eigenvalue weighted by molar-refractivity contribution is 5.19. The van der Waals surface area contributed by atoms with E-state index >= 15 is 0 Å². The molecule has 0 saturated carbocycles. The predicted octanol–water partition coefficient (Wildman–Crippen LogP) is 1.57. The predicted molar refractivity (Wildman–Crippen MR) is 68.0 cm³/mol. The third kappa shape index (κ3) is 2.76. The molecule has 4 nitrogen and oxygen atoms in total. The van der Waals surface area contributed by atoms with Crippen molar-refractivity contribution in [2.45, 2.75) is 31.3 Å². The van der Waals surface area contributed by atoms with E-state index < -0.39 is 0 Å². The highest BCUT2D eigenvalue weighted by Gasteiger charge is 2.27. The summed E-state index contributed by atoms with van der Waals surface area (Å²) in [6, 6.07) is 6.24. The van der Waals surface area contributed by atoms with E-state index in [9.17, 15) is 0 Å². The fraction of sp³-hybridized carbons (Fsp3) is 0.615. The Morgan fingerprint density at radius 2 is 2.24 bits per heavy atom. The van der Waals surface area contributed by atoms with Gasteiger partial charge in [0, 0.05) is 12.1 Å². The van der Waals surface area contributed by atoms with E-state index in [2.05, 4.69) is 16.9 Å². The first kappa shape index (κ1) is 12.3. The van der Waals surface area contributed by atoms with Crippen LogP contribution in [0, 0.1) is 0 Å². The Morgan fingerprint density at radius 1 is 1.41 bits per heavy atom. The van der Waals surface area contributed by atoms with Gasteiger partial charge in [0.25, 0.3) is 0 Å². The van der Waals surface area contributed by atoms with Crippen LogP contribution in [0.3, 0.4) is 0 Å². The van der Waals surface area contributed by atoms with E-state index in [1.165, 1.54) is 12.8 Å². The molecule has 1 aromatic heterocycles. The van der Waals surface area contributed by atoms with Crippen LogP contribution in [0.4, 0.5) is 0 Å². The molecule has 0 aliphatic carbocycles. The van der Waals surface area contributed by atoms with Gasteiger partial charge in [-0.15, -0.1) is 0 Å². The van der Waals surface area contributed by atoms with Gasteiger partial charge in [-0.3, -0.25) is 4.90 Å². The number of pyridine rings is 1. The van der Waals surface area contributed by atoms with E-state index in [0.29, 0.717) is 5.88 Å². The molecule has 0 amide bonds. The third-order valence-corrected chi connectivity index (χ3v) is 3.44. The van der Waals surface area contributed by atoms with Gasteiger partial charge in [0.05, 0.1) is 18.8 Å². The summed E-state index contributed by atoms with van der Waals surface area (Å²) < 4.78 is 5.18. The lowest BCUT2D eigenvalue weighted by Gasteiger charge is -2.29. The number of hydrogen-bond donors (Lipinski definition) is 1. The Labute approximate surface area is 103 Å². The fourth-order valence-corrected chi connectivity index (χ4v) is 2.52. The van der Waals surface area contributed by atoms with E-state index in [0.717, 1.165) is 18.7 Å². The lowest BCUT2D eigenvalue weighted by Crippen LogP contribution is -2.38. The van der Waals surface area contributed by atoms with Crippen molar-refractivity contribution in [2.75, 3.05) is 20.7 Å². The number of rotatable bonds is 2. The Kier molecular flexibility index (Phi) is 3.97. The van der Waals surface area contributed by atoms with Crippen molar-refractivity contribution < 1.29 is 4.74 Å². The van der Waals surface area contributed by atoms with Crippen molar-refractivity contribution in [2.24, 2.45) is 5.73 Å². The molecule has 2 atom stereocenters. The van der Waals surface area contributed by atoms with Crippen LogP contribution in [0.25, 0.3) is 0 Å². The molecule has 2 rings (SSSR count). The quantitative estimate of drug-likeness (QED) is 0.845. The van der Waals surface area contributed by atoms with Gasteiger partial charge < -0.3 is 10.5 Å². The zero-order valence-electron chi connectivity index (χ0n) is 10.6. The molecular weight excluding hydrogens is 214 g/mol. The third-order valence-electron chi connectivity index (χ3n) is 3.44. The van der Waals surface area contributed by atoms with Crippen LogP contribution in [0.5, 0.6) is 5.88 Å². The Hall–Kier alpha value is -1.13. The Bertz CT molecular complexity index is 357. The lowest BCUT2D eigenvalue weighted by molar-refractivity contribution is 0.224. The van der Waals surface area contributed by atoms with Crippen LogP contribution < -0.4 is 10.5 Å². The monoisotopic (exact) mass is 235 g/mol. The minimum absolute atomic E-state index is 0.155. The van der Waals surface area contributed by atoms with Crippen molar-refractivity contribution in [3.05, 3.63) is 23.9 Å². The maximum Gasteiger partial charge on any atom is 0.213 e. The summed E-state index contributed by atoms with van der Waals surface area (Å²) >= 11 is 0. The molecule has 0 radical (unpaired) electrons. The van der Waals surface area contributed by atoms with Crippen molar-refractivity contribution in [1.29, 1.82) is 0 Å². The molecule has 2 heterocycles. The second-order valence-corrected chi connectivity index (χ2v) is 4.69. The van der Waals surface area contributed by atoms with E-state index in [1.54, 1.807) is 7.11 Å². The number of likely N-dealkylation sites (N-methyl/N-ethyl adjacent to an activating group) is 1. The molecule has 94 valence electrons. The van der Waals surface area contributed by atoms with Crippen molar-refractivity contribution in [1.82, 2.24) is 9.88 Å². The number of nitrogens with two attached hydrogens (primary N) is 1. The SMILES string of the molecule is COc1cccc(C2C(N)CCCCN2C)n1. The Balaban J connectivity index is 2.27. The summed E-state index contributed by atoms with van der Waals surface area (Å²) in [5.41, 5.74) is 7.29. The first-order valence-electron chi connectivity index (χ1n) is 6.19. The van der Waals surface area contributed by atoms with E-state index in [4.69, 9.17) is 10.5 Å². The topological polar surface area (TPSA) is 51.4 Å². The number of methoxy groups -OCH3 is 1. The number of aromatic nitrogens is 1. The largest absolute Gasteiger partial charge is 0.481 e. The minimum Gasteiger partial charge on any atom is -0.481 e. The van der Waals surface area contributed by atoms with Gasteiger partial charge in [0.1, 0.15) is 0 Å². The van der Waals surface area contributed by atoms with Crippen LogP contribution in [0.2, 0.25) is 0 Å². The summed E-state index contributed by atoms with van der Waals surface area (Å²) in [5, 5.41) is 0. The van der Waals surface area contributed by atoms with Gasteiger partial charge >= 0.3 is 0 Å². The average Bonchev–Trinajstić information content (AvgIpc) is 2.51. The molecule has 2 unspecified atom stereocenters. The molecule has 1 saturated heterocycles. The average molecular weight is 235 g/mol. The molecule has 0 aromatic carbocycles. The molecule has 17 heavy (non-hydrogen) atoms. The number of nitrogens with zero attached hydrogens (tertiary/aromatic N) is 2. The molecule has 1 aliphatic rings. The standard InChI is InChI=1S/C13H21N3O/c1-16-9-4-3-6-10(14)13(16)11-7-5-8-12(15-11)17-2/h5,7-8,10,13H,3-4,6,9,14H2,1-2H3. The molecule has 1 aliphatic heterocycles. The molecule has 1 fully saturated rings. The maximum absolute atomic E-state index is 6.27. The zero-order chi connectivity index (χ0) is 12.3. The number of ether oxygens (including phenoxy) is 1. The van der Waals surface area contributed by atoms with Crippen molar-refractivity contribution in [3.8, 4) is 5.88 Å². The van der Waals surface area contributed by atoms with Gasteiger partial charge in [0.2, 0.25) is 5.88 Å². The first-order valence-corrected chi connectivity index (χ1v) is 6.19. The molecular formula is C13H21N3O. The van der Waals surface area contributed by atoms with Crippen LogP contribution in [0.15, 0.2) is 18.2 Å². The first-order chi connectivity index (χ1) is 8.22. The highest BCUT2D eigenvalue weighted by Crippen LogP contribution is 2.27. The minimum atomic E-state index is 0.155. The molecule has 0 spiro atoms. The lowest BCUT2D eigenvalue weighted by atomic mass is 10.0. The second kappa shape index (κ2) is 5.47. The smallest absolute Gasteiger partial charge is 0.213 e. The van der Waals surface area contributed by atoms with Gasteiger partial charge in [-0.05, 0) is 32.5 Å². The van der Waals surface area contributed by atoms with Gasteiger partial charge in [-0.1, -0.05) is 12.5 Å². The molecule has 1 aromatic rings. The summed E-state index contributed by atoms with van der Waals surface area (Å²) in [5.74, 6) is 0.660. The van der Waals surface area contributed by atoms with Crippen LogP contribution in [-0.2, 0) is 0 Å². The van der Waals surface area contributed by atoms with Crippen molar-refractivity contribution in [3.63, 3.8) is 0 Å². The van der Waals surface area contributed by atoms with Crippen LogP contribution in [0.1, 0.15) is 31.0 Å². The van der Waals surface area contributed by atoms with Crippen molar-refractivity contribution >= 4 is 0 Å².